The molecule has 2 nitrogen and oxygen atoms in total. The molecule has 1 aromatic rings. The molecule has 1 heterocycles. The molecular formula is C11H11Cl4N2+. The predicted octanol–water partition coefficient (Wildman–Crippen LogP) is 5.49. The Hall–Kier alpha value is -0.0200. The Balaban J connectivity index is 2.56. The molecule has 1 aromatic carbocycles. The van der Waals surface area contributed by atoms with E-state index < -0.39 is 0 Å². The summed E-state index contributed by atoms with van der Waals surface area (Å²) < 4.78 is 1.67. The van der Waals surface area contributed by atoms with Crippen molar-refractivity contribution in [3.63, 3.8) is 0 Å². The molecule has 0 N–H and O–H groups in total. The second-order valence-corrected chi connectivity index (χ2v) is 6.37. The highest BCUT2D eigenvalue weighted by atomic mass is 35.5. The summed E-state index contributed by atoms with van der Waals surface area (Å²) in [5, 5.41) is 5.91. The second kappa shape index (κ2) is 4.58. The molecule has 0 radical (unpaired) electrons. The van der Waals surface area contributed by atoms with Gasteiger partial charge in [0.25, 0.3) is 11.2 Å². The Bertz CT molecular complexity index is 473. The third-order valence-electron chi connectivity index (χ3n) is 2.52. The van der Waals surface area contributed by atoms with Gasteiger partial charge in [0.1, 0.15) is 15.6 Å². The molecule has 0 unspecified atom stereocenters. The van der Waals surface area contributed by atoms with Crippen molar-refractivity contribution in [1.29, 1.82) is 0 Å². The van der Waals surface area contributed by atoms with Crippen molar-refractivity contribution in [2.24, 2.45) is 5.11 Å². The van der Waals surface area contributed by atoms with Crippen molar-refractivity contribution in [2.45, 2.75) is 31.3 Å². The SMILES string of the molecule is CC1(C)C[C@@H](Cl)[N+](c2c(Cl)cc(Cl)cc2Cl)=N1. The quantitative estimate of drug-likeness (QED) is 0.370. The molecule has 0 aromatic heterocycles. The van der Waals surface area contributed by atoms with E-state index in [2.05, 4.69) is 5.11 Å². The summed E-state index contributed by atoms with van der Waals surface area (Å²) in [4.78, 5) is 0. The van der Waals surface area contributed by atoms with Crippen LogP contribution in [0.3, 0.4) is 0 Å². The van der Waals surface area contributed by atoms with Crippen LogP contribution in [0, 0.1) is 0 Å². The van der Waals surface area contributed by atoms with Crippen LogP contribution in [0.1, 0.15) is 20.3 Å². The van der Waals surface area contributed by atoms with E-state index in [0.29, 0.717) is 20.8 Å². The standard InChI is InChI=1S/C11H11Cl4N2/c1-11(2)5-9(15)17(16-11)10-7(13)3-6(12)4-8(10)14/h3-4,9H,5H2,1-2H3/q+1/t9-/m0/s1. The van der Waals surface area contributed by atoms with Gasteiger partial charge in [0, 0.05) is 5.02 Å². The van der Waals surface area contributed by atoms with Crippen LogP contribution in [-0.4, -0.2) is 15.7 Å². The predicted molar refractivity (Wildman–Crippen MR) is 72.2 cm³/mol. The Kier molecular flexibility index (Phi) is 3.61. The van der Waals surface area contributed by atoms with E-state index in [4.69, 9.17) is 46.4 Å². The zero-order chi connectivity index (χ0) is 12.8. The number of alkyl halides is 1. The number of azo groups is 2. The molecular weight excluding hydrogens is 302 g/mol. The van der Waals surface area contributed by atoms with Crippen molar-refractivity contribution in [1.82, 2.24) is 0 Å². The average molecular weight is 313 g/mol. The zero-order valence-electron chi connectivity index (χ0n) is 9.35. The minimum Gasteiger partial charge on any atom is -0.0842 e. The van der Waals surface area contributed by atoms with Gasteiger partial charge >= 0.3 is 0 Å². The molecule has 92 valence electrons. The lowest BCUT2D eigenvalue weighted by Gasteiger charge is -2.03. The van der Waals surface area contributed by atoms with Crippen LogP contribution in [-0.2, 0) is 0 Å². The smallest absolute Gasteiger partial charge is 0.0842 e. The molecule has 1 atom stereocenters. The lowest BCUT2D eigenvalue weighted by molar-refractivity contribution is -0.516. The third-order valence-corrected chi connectivity index (χ3v) is 3.66. The Morgan fingerprint density at radius 1 is 1.24 bits per heavy atom. The van der Waals surface area contributed by atoms with E-state index in [1.54, 1.807) is 16.8 Å². The zero-order valence-corrected chi connectivity index (χ0v) is 12.4. The molecule has 1 aliphatic rings. The molecule has 2 rings (SSSR count). The van der Waals surface area contributed by atoms with Gasteiger partial charge in [-0.25, -0.2) is 0 Å². The normalized spacial score (nSPS) is 22.7. The lowest BCUT2D eigenvalue weighted by Crippen LogP contribution is -2.14. The topological polar surface area (TPSA) is 15.4 Å². The van der Waals surface area contributed by atoms with Crippen molar-refractivity contribution in [2.75, 3.05) is 0 Å². The molecule has 1 aliphatic heterocycles. The van der Waals surface area contributed by atoms with Gasteiger partial charge in [0.15, 0.2) is 0 Å². The largest absolute Gasteiger partial charge is 0.270 e. The molecule has 0 spiro atoms. The molecule has 0 saturated heterocycles. The van der Waals surface area contributed by atoms with E-state index in [0.717, 1.165) is 6.42 Å². The van der Waals surface area contributed by atoms with Gasteiger partial charge in [-0.05, 0) is 42.7 Å². The summed E-state index contributed by atoms with van der Waals surface area (Å²) >= 11 is 24.4. The van der Waals surface area contributed by atoms with Crippen LogP contribution in [0.15, 0.2) is 17.2 Å². The summed E-state index contributed by atoms with van der Waals surface area (Å²) in [5.41, 5.74) is 0.156. The first-order valence-corrected chi connectivity index (χ1v) is 6.68. The summed E-state index contributed by atoms with van der Waals surface area (Å²) in [5.74, 6) is 0. The maximum absolute atomic E-state index is 6.26. The highest BCUT2D eigenvalue weighted by Gasteiger charge is 2.42. The summed E-state index contributed by atoms with van der Waals surface area (Å²) in [6.07, 6.45) is 0.740. The summed E-state index contributed by atoms with van der Waals surface area (Å²) in [6, 6.07) is 3.27. The number of benzene rings is 1. The maximum Gasteiger partial charge on any atom is 0.270 e. The van der Waals surface area contributed by atoms with E-state index >= 15 is 0 Å². The fourth-order valence-electron chi connectivity index (χ4n) is 1.84. The minimum atomic E-state index is -0.249. The fraction of sp³-hybridized carbons (Fsp3) is 0.455. The second-order valence-electron chi connectivity index (χ2n) is 4.61. The first-order chi connectivity index (χ1) is 7.80. The number of rotatable bonds is 1. The van der Waals surface area contributed by atoms with Gasteiger partial charge < -0.3 is 0 Å². The summed E-state index contributed by atoms with van der Waals surface area (Å²) in [6.45, 7) is 4.03. The van der Waals surface area contributed by atoms with Crippen molar-refractivity contribution in [3.05, 3.63) is 27.2 Å². The number of hydrogen-bond acceptors (Lipinski definition) is 1. The van der Waals surface area contributed by atoms with Crippen LogP contribution < -0.4 is 0 Å². The molecule has 0 aliphatic carbocycles. The minimum absolute atomic E-state index is 0.210. The van der Waals surface area contributed by atoms with E-state index in [9.17, 15) is 0 Å². The van der Waals surface area contributed by atoms with Crippen LogP contribution in [0.2, 0.25) is 15.1 Å². The van der Waals surface area contributed by atoms with Crippen molar-refractivity contribution >= 4 is 52.1 Å². The number of halogens is 4. The van der Waals surface area contributed by atoms with E-state index in [-0.39, 0.29) is 11.0 Å². The highest BCUT2D eigenvalue weighted by molar-refractivity contribution is 6.41. The van der Waals surface area contributed by atoms with Crippen LogP contribution >= 0.6 is 46.4 Å². The maximum atomic E-state index is 6.26. The van der Waals surface area contributed by atoms with Gasteiger partial charge in [-0.2, -0.15) is 0 Å². The summed E-state index contributed by atoms with van der Waals surface area (Å²) in [7, 11) is 0. The highest BCUT2D eigenvalue weighted by Crippen LogP contribution is 2.41. The van der Waals surface area contributed by atoms with E-state index in [1.807, 2.05) is 13.8 Å². The first-order valence-electron chi connectivity index (χ1n) is 5.11. The molecule has 0 saturated carbocycles. The third kappa shape index (κ3) is 2.70. The Morgan fingerprint density at radius 2 is 1.76 bits per heavy atom. The van der Waals surface area contributed by atoms with Crippen LogP contribution in [0.25, 0.3) is 0 Å². The van der Waals surface area contributed by atoms with Gasteiger partial charge in [0.05, 0.1) is 6.42 Å². The number of hydrogen-bond donors (Lipinski definition) is 0. The van der Waals surface area contributed by atoms with E-state index in [1.165, 1.54) is 0 Å². The van der Waals surface area contributed by atoms with Crippen LogP contribution in [0.5, 0.6) is 0 Å². The Morgan fingerprint density at radius 3 is 2.18 bits per heavy atom. The van der Waals surface area contributed by atoms with Crippen LogP contribution in [0.4, 0.5) is 5.69 Å². The molecule has 0 fully saturated rings. The van der Waals surface area contributed by atoms with Gasteiger partial charge in [0.2, 0.25) is 0 Å². The van der Waals surface area contributed by atoms with Gasteiger partial charge in [-0.15, -0.1) is 0 Å². The number of nitrogens with zero attached hydrogens (tertiary/aromatic N) is 2. The Labute approximate surface area is 120 Å². The average Bonchev–Trinajstić information content (AvgIpc) is 2.38. The first kappa shape index (κ1) is 13.4. The monoisotopic (exact) mass is 311 g/mol. The van der Waals surface area contributed by atoms with Gasteiger partial charge in [-0.3, -0.25) is 0 Å². The molecule has 17 heavy (non-hydrogen) atoms. The lowest BCUT2D eigenvalue weighted by atomic mass is 10.0. The van der Waals surface area contributed by atoms with Gasteiger partial charge in [-0.1, -0.05) is 39.5 Å². The molecule has 6 heteroatoms. The molecule has 0 bridgehead atoms. The van der Waals surface area contributed by atoms with Crippen molar-refractivity contribution < 1.29 is 4.70 Å². The van der Waals surface area contributed by atoms with Crippen molar-refractivity contribution in [3.8, 4) is 0 Å². The fourth-order valence-corrected chi connectivity index (χ4v) is 3.35. The molecule has 0 amide bonds.